The molecule has 2 aromatic rings. The van der Waals surface area contributed by atoms with Crippen molar-refractivity contribution in [2.24, 2.45) is 5.41 Å². The van der Waals surface area contributed by atoms with Crippen LogP contribution >= 0.6 is 0 Å². The van der Waals surface area contributed by atoms with Gasteiger partial charge in [-0.2, -0.15) is 5.10 Å². The number of carbonyl (C=O) groups excluding carboxylic acids is 1. The molecule has 3 heterocycles. The number of likely N-dealkylation sites (tertiary alicyclic amines) is 1. The maximum atomic E-state index is 12.6. The number of nitrogens with one attached hydrogen (secondary N) is 2. The molecule has 7 nitrogen and oxygen atoms in total. The van der Waals surface area contributed by atoms with Gasteiger partial charge in [-0.3, -0.25) is 4.79 Å². The molecule has 2 fully saturated rings. The summed E-state index contributed by atoms with van der Waals surface area (Å²) in [6, 6.07) is 13.0. The van der Waals surface area contributed by atoms with Gasteiger partial charge < -0.3 is 15.5 Å². The van der Waals surface area contributed by atoms with Crippen molar-refractivity contribution in [1.82, 2.24) is 25.3 Å². The fourth-order valence-electron chi connectivity index (χ4n) is 4.28. The molecule has 28 heavy (non-hydrogen) atoms. The average molecular weight is 381 g/mol. The van der Waals surface area contributed by atoms with Crippen molar-refractivity contribution < 1.29 is 4.79 Å². The van der Waals surface area contributed by atoms with E-state index in [0.717, 1.165) is 50.3 Å². The van der Waals surface area contributed by atoms with Gasteiger partial charge in [0.05, 0.1) is 12.2 Å². The molecule has 148 valence electrons. The van der Waals surface area contributed by atoms with Crippen LogP contribution in [0.1, 0.15) is 19.3 Å². The van der Waals surface area contributed by atoms with E-state index in [0.29, 0.717) is 13.1 Å². The number of hydrogen-bond donors (Lipinski definition) is 2. The molecule has 0 unspecified atom stereocenters. The van der Waals surface area contributed by atoms with Crippen LogP contribution in [0.5, 0.6) is 0 Å². The number of hydrogen-bond acceptors (Lipinski definition) is 4. The Labute approximate surface area is 164 Å². The van der Waals surface area contributed by atoms with E-state index < -0.39 is 0 Å². The lowest BCUT2D eigenvalue weighted by Crippen LogP contribution is -2.51. The Morgan fingerprint density at radius 2 is 2.04 bits per heavy atom. The molecule has 1 aromatic heterocycles. The Hall–Kier alpha value is -2.67. The summed E-state index contributed by atoms with van der Waals surface area (Å²) in [5, 5.41) is 10.8. The van der Waals surface area contributed by atoms with Crippen LogP contribution in [-0.2, 0) is 6.54 Å². The highest BCUT2D eigenvalue weighted by Crippen LogP contribution is 2.35. The molecular formula is C21H27N5O2. The van der Waals surface area contributed by atoms with E-state index in [9.17, 15) is 9.59 Å². The Morgan fingerprint density at radius 1 is 1.18 bits per heavy atom. The summed E-state index contributed by atoms with van der Waals surface area (Å²) in [5.74, 6) is 0. The fourth-order valence-corrected chi connectivity index (χ4v) is 4.28. The lowest BCUT2D eigenvalue weighted by Gasteiger charge is -2.39. The summed E-state index contributed by atoms with van der Waals surface area (Å²) in [6.07, 6.45) is 3.38. The summed E-state index contributed by atoms with van der Waals surface area (Å²) >= 11 is 0. The van der Waals surface area contributed by atoms with Crippen molar-refractivity contribution in [2.75, 3.05) is 32.7 Å². The molecule has 1 aromatic carbocycles. The average Bonchev–Trinajstić information content (AvgIpc) is 3.17. The Kier molecular flexibility index (Phi) is 5.43. The highest BCUT2D eigenvalue weighted by molar-refractivity contribution is 5.74. The van der Waals surface area contributed by atoms with Crippen LogP contribution in [-0.4, -0.2) is 53.4 Å². The van der Waals surface area contributed by atoms with E-state index in [1.165, 1.54) is 17.2 Å². The molecule has 7 heteroatoms. The van der Waals surface area contributed by atoms with Gasteiger partial charge in [-0.15, -0.1) is 0 Å². The minimum Gasteiger partial charge on any atom is -0.336 e. The molecule has 0 radical (unpaired) electrons. The monoisotopic (exact) mass is 381 g/mol. The maximum Gasteiger partial charge on any atom is 0.317 e. The number of benzene rings is 1. The van der Waals surface area contributed by atoms with Crippen LogP contribution in [0.15, 0.2) is 47.3 Å². The third-order valence-corrected chi connectivity index (χ3v) is 5.82. The fraction of sp³-hybridized carbons (Fsp3) is 0.476. The third-order valence-electron chi connectivity index (χ3n) is 5.82. The molecule has 1 spiro atoms. The van der Waals surface area contributed by atoms with Crippen LogP contribution in [0.2, 0.25) is 0 Å². The van der Waals surface area contributed by atoms with Gasteiger partial charge in [0, 0.05) is 43.2 Å². The first-order valence-corrected chi connectivity index (χ1v) is 10.0. The first kappa shape index (κ1) is 18.7. The molecule has 1 atom stereocenters. The molecular weight excluding hydrogens is 354 g/mol. The molecule has 2 saturated heterocycles. The summed E-state index contributed by atoms with van der Waals surface area (Å²) in [4.78, 5) is 26.6. The first-order chi connectivity index (χ1) is 13.7. The topological polar surface area (TPSA) is 79.3 Å². The number of carbonyl (C=O) groups is 1. The van der Waals surface area contributed by atoms with Crippen molar-refractivity contribution in [3.8, 4) is 11.3 Å². The van der Waals surface area contributed by atoms with E-state index in [1.54, 1.807) is 6.07 Å². The highest BCUT2D eigenvalue weighted by atomic mass is 16.2. The highest BCUT2D eigenvalue weighted by Gasteiger charge is 2.39. The number of urea groups is 1. The Bertz CT molecular complexity index is 874. The molecule has 2 aliphatic rings. The molecule has 2 N–H and O–H groups in total. The molecule has 2 amide bonds. The first-order valence-electron chi connectivity index (χ1n) is 10.0. The predicted octanol–water partition coefficient (Wildman–Crippen LogP) is 1.70. The normalized spacial score (nSPS) is 21.8. The van der Waals surface area contributed by atoms with Gasteiger partial charge in [-0.1, -0.05) is 30.3 Å². The molecule has 0 saturated carbocycles. The zero-order chi connectivity index (χ0) is 19.4. The second-order valence-electron chi connectivity index (χ2n) is 7.83. The van der Waals surface area contributed by atoms with Crippen molar-refractivity contribution in [3.05, 3.63) is 52.8 Å². The van der Waals surface area contributed by atoms with Gasteiger partial charge in [-0.25, -0.2) is 9.48 Å². The summed E-state index contributed by atoms with van der Waals surface area (Å²) in [7, 11) is 0. The number of piperidine rings is 1. The largest absolute Gasteiger partial charge is 0.336 e. The van der Waals surface area contributed by atoms with E-state index in [-0.39, 0.29) is 17.0 Å². The van der Waals surface area contributed by atoms with E-state index in [1.807, 2.05) is 35.2 Å². The van der Waals surface area contributed by atoms with E-state index in [4.69, 9.17) is 0 Å². The summed E-state index contributed by atoms with van der Waals surface area (Å²) < 4.78 is 1.42. The Balaban J connectivity index is 1.35. The second-order valence-corrected chi connectivity index (χ2v) is 7.83. The molecule has 2 aliphatic heterocycles. The zero-order valence-electron chi connectivity index (χ0n) is 16.1. The second kappa shape index (κ2) is 8.14. The molecule has 4 rings (SSSR count). The van der Waals surface area contributed by atoms with Gasteiger partial charge in [-0.05, 0) is 31.9 Å². The molecule has 0 aliphatic carbocycles. The smallest absolute Gasteiger partial charge is 0.317 e. The minimum atomic E-state index is -0.164. The SMILES string of the molecule is O=C(NCCn1nc(-c2ccccc2)ccc1=O)N1CCC[C@@]2(CCNC2)C1. The number of nitrogens with zero attached hydrogens (tertiary/aromatic N) is 3. The van der Waals surface area contributed by atoms with Crippen molar-refractivity contribution in [1.29, 1.82) is 0 Å². The quantitative estimate of drug-likeness (QED) is 0.845. The third kappa shape index (κ3) is 4.09. The van der Waals surface area contributed by atoms with E-state index >= 15 is 0 Å². The van der Waals surface area contributed by atoms with Crippen molar-refractivity contribution in [3.63, 3.8) is 0 Å². The van der Waals surface area contributed by atoms with Crippen LogP contribution < -0.4 is 16.2 Å². The van der Waals surface area contributed by atoms with E-state index in [2.05, 4.69) is 15.7 Å². The van der Waals surface area contributed by atoms with Crippen LogP contribution in [0.25, 0.3) is 11.3 Å². The van der Waals surface area contributed by atoms with Gasteiger partial charge >= 0.3 is 6.03 Å². The van der Waals surface area contributed by atoms with Crippen LogP contribution in [0.4, 0.5) is 4.79 Å². The van der Waals surface area contributed by atoms with Gasteiger partial charge in [0.1, 0.15) is 0 Å². The zero-order valence-corrected chi connectivity index (χ0v) is 16.1. The van der Waals surface area contributed by atoms with Crippen molar-refractivity contribution >= 4 is 6.03 Å². The predicted molar refractivity (Wildman–Crippen MR) is 108 cm³/mol. The van der Waals surface area contributed by atoms with Gasteiger partial charge in [0.15, 0.2) is 0 Å². The minimum absolute atomic E-state index is 0.0433. The lowest BCUT2D eigenvalue weighted by atomic mass is 9.79. The van der Waals surface area contributed by atoms with Gasteiger partial charge in [0.25, 0.3) is 5.56 Å². The standard InChI is InChI=1S/C21H27N5O2/c27-19-8-7-18(17-5-2-1-3-6-17)24-26(19)14-12-23-20(28)25-13-4-9-21(16-25)10-11-22-15-21/h1-3,5-8,22H,4,9-16H2,(H,23,28)/t21-/m0/s1. The van der Waals surface area contributed by atoms with Crippen LogP contribution in [0, 0.1) is 5.41 Å². The lowest BCUT2D eigenvalue weighted by molar-refractivity contribution is 0.118. The van der Waals surface area contributed by atoms with Gasteiger partial charge in [0.2, 0.25) is 0 Å². The number of aromatic nitrogens is 2. The Morgan fingerprint density at radius 3 is 2.82 bits per heavy atom. The number of rotatable bonds is 4. The molecule has 0 bridgehead atoms. The van der Waals surface area contributed by atoms with Crippen LogP contribution in [0.3, 0.4) is 0 Å². The van der Waals surface area contributed by atoms with Crippen molar-refractivity contribution in [2.45, 2.75) is 25.8 Å². The maximum absolute atomic E-state index is 12.6. The summed E-state index contributed by atoms with van der Waals surface area (Å²) in [5.41, 5.74) is 1.79. The number of amides is 2. The summed E-state index contributed by atoms with van der Waals surface area (Å²) in [6.45, 7) is 4.39.